The number of benzene rings is 5. The van der Waals surface area contributed by atoms with Gasteiger partial charge in [0, 0.05) is 0 Å². The van der Waals surface area contributed by atoms with Gasteiger partial charge in [-0.05, 0) is 0 Å². The van der Waals surface area contributed by atoms with Crippen molar-refractivity contribution in [3.8, 4) is 0 Å². The van der Waals surface area contributed by atoms with E-state index in [2.05, 4.69) is 157 Å². The molecule has 5 aromatic rings. The van der Waals surface area contributed by atoms with Gasteiger partial charge in [-0.15, -0.1) is 0 Å². The molecule has 2 atom stereocenters. The van der Waals surface area contributed by atoms with Crippen LogP contribution in [0.4, 0.5) is 0 Å². The molecule has 0 bridgehead atoms. The van der Waals surface area contributed by atoms with Crippen molar-refractivity contribution in [1.29, 1.82) is 0 Å². The molecule has 172 valence electrons. The van der Waals surface area contributed by atoms with Crippen molar-refractivity contribution in [2.24, 2.45) is 0 Å². The number of rotatable bonds is 5. The summed E-state index contributed by atoms with van der Waals surface area (Å²) in [5, 5.41) is 7.77. The van der Waals surface area contributed by atoms with Gasteiger partial charge in [-0.1, -0.05) is 0 Å². The summed E-state index contributed by atoms with van der Waals surface area (Å²) in [5.74, 6) is 0. The zero-order valence-corrected chi connectivity index (χ0v) is 20.3. The standard InChI is InChI=1S/C32H28NOP/c1-6-16-26(17-7-1)31-32(27-18-8-2-9-19-27)34-35(33-31,28-20-10-3-11-21-28,29-22-12-4-13-23-29)30-24-14-5-15-25-30/h1-25,31-33H. The van der Waals surface area contributed by atoms with Gasteiger partial charge in [-0.3, -0.25) is 0 Å². The van der Waals surface area contributed by atoms with Crippen LogP contribution in [0.25, 0.3) is 0 Å². The summed E-state index contributed by atoms with van der Waals surface area (Å²) in [4.78, 5) is 0. The Morgan fingerprint density at radius 2 is 0.771 bits per heavy atom. The average Bonchev–Trinajstić information content (AvgIpc) is 3.35. The second kappa shape index (κ2) is 8.91. The van der Waals surface area contributed by atoms with Gasteiger partial charge < -0.3 is 0 Å². The van der Waals surface area contributed by atoms with Gasteiger partial charge in [-0.2, -0.15) is 0 Å². The zero-order valence-electron chi connectivity index (χ0n) is 19.4. The van der Waals surface area contributed by atoms with Crippen molar-refractivity contribution in [3.63, 3.8) is 0 Å². The predicted molar refractivity (Wildman–Crippen MR) is 148 cm³/mol. The molecular formula is C32H28NOP. The van der Waals surface area contributed by atoms with Crippen LogP contribution < -0.4 is 21.0 Å². The Bertz CT molecular complexity index is 1240. The van der Waals surface area contributed by atoms with E-state index in [0.29, 0.717) is 0 Å². The van der Waals surface area contributed by atoms with Crippen molar-refractivity contribution in [2.75, 3.05) is 0 Å². The van der Waals surface area contributed by atoms with E-state index in [4.69, 9.17) is 4.52 Å². The Morgan fingerprint density at radius 1 is 0.429 bits per heavy atom. The Kier molecular flexibility index (Phi) is 5.59. The second-order valence-corrected chi connectivity index (χ2v) is 13.1. The number of nitrogens with one attached hydrogen (secondary N) is 1. The summed E-state index contributed by atoms with van der Waals surface area (Å²) in [6.07, 6.45) is -0.170. The summed E-state index contributed by atoms with van der Waals surface area (Å²) in [7, 11) is 0. The summed E-state index contributed by atoms with van der Waals surface area (Å²) in [6.45, 7) is -3.58. The number of hydrogen-bond acceptors (Lipinski definition) is 2. The molecule has 5 aromatic carbocycles. The van der Waals surface area contributed by atoms with Crippen molar-refractivity contribution in [2.45, 2.75) is 12.1 Å². The first-order chi connectivity index (χ1) is 17.3. The quantitative estimate of drug-likeness (QED) is 0.296. The minimum atomic E-state index is -3.58. The van der Waals surface area contributed by atoms with Gasteiger partial charge in [0.1, 0.15) is 0 Å². The minimum absolute atomic E-state index is 0.0307. The second-order valence-electron chi connectivity index (χ2n) is 9.00. The van der Waals surface area contributed by atoms with Crippen LogP contribution in [0.3, 0.4) is 0 Å². The molecule has 0 saturated carbocycles. The van der Waals surface area contributed by atoms with E-state index in [0.717, 1.165) is 0 Å². The maximum absolute atomic E-state index is 7.67. The Labute approximate surface area is 207 Å². The first kappa shape index (κ1) is 21.9. The van der Waals surface area contributed by atoms with Gasteiger partial charge in [0.05, 0.1) is 0 Å². The fraction of sp³-hybridized carbons (Fsp3) is 0.0625. The first-order valence-electron chi connectivity index (χ1n) is 12.1. The molecule has 3 heteroatoms. The molecule has 1 saturated heterocycles. The third kappa shape index (κ3) is 3.46. The molecule has 0 aromatic heterocycles. The number of hydrogen-bond donors (Lipinski definition) is 1. The summed E-state index contributed by atoms with van der Waals surface area (Å²) < 4.78 is 7.67. The molecule has 1 aliphatic heterocycles. The molecule has 2 unspecified atom stereocenters. The first-order valence-corrected chi connectivity index (χ1v) is 14.2. The molecule has 1 fully saturated rings. The molecule has 1 aliphatic rings. The van der Waals surface area contributed by atoms with Crippen LogP contribution in [0.2, 0.25) is 0 Å². The van der Waals surface area contributed by atoms with Crippen LogP contribution >= 0.6 is 6.98 Å². The molecule has 0 aliphatic carbocycles. The Hall–Kier alpha value is -3.55. The normalized spacial score (nSPS) is 21.5. The summed E-state index contributed by atoms with van der Waals surface area (Å²) in [6, 6.07) is 53.6. The van der Waals surface area contributed by atoms with Crippen molar-refractivity contribution >= 4 is 22.9 Å². The maximum atomic E-state index is 7.67. The molecule has 0 spiro atoms. The molecule has 6 rings (SSSR count). The van der Waals surface area contributed by atoms with Gasteiger partial charge in [0.15, 0.2) is 0 Å². The topological polar surface area (TPSA) is 21.3 Å². The van der Waals surface area contributed by atoms with Gasteiger partial charge >= 0.3 is 207 Å². The van der Waals surface area contributed by atoms with Crippen molar-refractivity contribution in [1.82, 2.24) is 5.09 Å². The van der Waals surface area contributed by atoms with E-state index in [-0.39, 0.29) is 12.1 Å². The van der Waals surface area contributed by atoms with Crippen LogP contribution in [-0.4, -0.2) is 0 Å². The molecule has 2 nitrogen and oxygen atoms in total. The van der Waals surface area contributed by atoms with Crippen LogP contribution in [0, 0.1) is 0 Å². The third-order valence-corrected chi connectivity index (χ3v) is 12.3. The van der Waals surface area contributed by atoms with E-state index in [1.807, 2.05) is 0 Å². The van der Waals surface area contributed by atoms with Gasteiger partial charge in [0.2, 0.25) is 0 Å². The summed E-state index contributed by atoms with van der Waals surface area (Å²) >= 11 is 0. The summed E-state index contributed by atoms with van der Waals surface area (Å²) in [5.41, 5.74) is 2.39. The third-order valence-electron chi connectivity index (χ3n) is 7.05. The van der Waals surface area contributed by atoms with Gasteiger partial charge in [0.25, 0.3) is 0 Å². The molecule has 1 N–H and O–H groups in total. The predicted octanol–water partition coefficient (Wildman–Crippen LogP) is 6.45. The van der Waals surface area contributed by atoms with E-state index in [9.17, 15) is 0 Å². The van der Waals surface area contributed by atoms with Crippen LogP contribution in [0.5, 0.6) is 0 Å². The molecule has 35 heavy (non-hydrogen) atoms. The molecule has 0 radical (unpaired) electrons. The fourth-order valence-electron chi connectivity index (χ4n) is 5.45. The van der Waals surface area contributed by atoms with Crippen molar-refractivity contribution < 1.29 is 4.52 Å². The molecule has 1 heterocycles. The Balaban J connectivity index is 1.72. The van der Waals surface area contributed by atoms with Crippen LogP contribution in [-0.2, 0) is 4.52 Å². The van der Waals surface area contributed by atoms with Crippen molar-refractivity contribution in [3.05, 3.63) is 163 Å². The van der Waals surface area contributed by atoms with Gasteiger partial charge in [-0.25, -0.2) is 0 Å². The average molecular weight is 474 g/mol. The Morgan fingerprint density at radius 3 is 1.17 bits per heavy atom. The van der Waals surface area contributed by atoms with E-state index < -0.39 is 6.98 Å². The fourth-order valence-corrected chi connectivity index (χ4v) is 11.0. The van der Waals surface area contributed by atoms with E-state index >= 15 is 0 Å². The monoisotopic (exact) mass is 473 g/mol. The van der Waals surface area contributed by atoms with E-state index in [1.165, 1.54) is 27.0 Å². The molecule has 0 amide bonds. The van der Waals surface area contributed by atoms with E-state index in [1.54, 1.807) is 0 Å². The zero-order chi connectivity index (χ0) is 23.6. The van der Waals surface area contributed by atoms with Crippen LogP contribution in [0.1, 0.15) is 23.3 Å². The SMILES string of the molecule is c1ccc(C2NP(c3ccccc3)(c3ccccc3)(c3ccccc3)OC2c2ccccc2)cc1. The molecular weight excluding hydrogens is 445 g/mol. The van der Waals surface area contributed by atoms with Crippen LogP contribution in [0.15, 0.2) is 152 Å².